The Balaban J connectivity index is 1.33. The first-order chi connectivity index (χ1) is 16.2. The molecule has 166 valence electrons. The van der Waals surface area contributed by atoms with Crippen molar-refractivity contribution in [1.29, 1.82) is 0 Å². The Morgan fingerprint density at radius 3 is 2.70 bits per heavy atom. The number of nitrogens with zero attached hydrogens (tertiary/aromatic N) is 6. The van der Waals surface area contributed by atoms with Crippen molar-refractivity contribution < 1.29 is 9.18 Å². The summed E-state index contributed by atoms with van der Waals surface area (Å²) in [6, 6.07) is 18.7. The molecule has 0 aliphatic carbocycles. The van der Waals surface area contributed by atoms with Crippen molar-refractivity contribution in [2.24, 2.45) is 0 Å². The van der Waals surface area contributed by atoms with Crippen LogP contribution in [0, 0.1) is 5.82 Å². The van der Waals surface area contributed by atoms with Crippen LogP contribution in [-0.2, 0) is 4.79 Å². The molecule has 0 N–H and O–H groups in total. The number of amides is 1. The van der Waals surface area contributed by atoms with Crippen LogP contribution in [0.1, 0.15) is 30.7 Å². The van der Waals surface area contributed by atoms with E-state index in [1.807, 2.05) is 23.1 Å². The van der Waals surface area contributed by atoms with Gasteiger partial charge in [0.1, 0.15) is 5.82 Å². The highest BCUT2D eigenvalue weighted by molar-refractivity contribution is 5.78. The van der Waals surface area contributed by atoms with Crippen LogP contribution in [0.15, 0.2) is 60.7 Å². The lowest BCUT2D eigenvalue weighted by Gasteiger charge is -2.20. The van der Waals surface area contributed by atoms with Crippen LogP contribution >= 0.6 is 0 Å². The lowest BCUT2D eigenvalue weighted by Crippen LogP contribution is -2.27. The van der Waals surface area contributed by atoms with Gasteiger partial charge in [0.05, 0.1) is 5.56 Å². The van der Waals surface area contributed by atoms with Crippen molar-refractivity contribution in [3.8, 4) is 11.4 Å². The van der Waals surface area contributed by atoms with Crippen molar-refractivity contribution in [3.63, 3.8) is 0 Å². The average molecular weight is 442 g/mol. The van der Waals surface area contributed by atoms with E-state index < -0.39 is 0 Å². The monoisotopic (exact) mass is 442 g/mol. The highest BCUT2D eigenvalue weighted by atomic mass is 19.1. The molecular weight excluding hydrogens is 419 g/mol. The van der Waals surface area contributed by atoms with Gasteiger partial charge in [0, 0.05) is 37.7 Å². The minimum Gasteiger partial charge on any atom is -0.343 e. The zero-order chi connectivity index (χ0) is 22.4. The molecule has 0 radical (unpaired) electrons. The van der Waals surface area contributed by atoms with E-state index in [4.69, 9.17) is 5.10 Å². The topological polar surface area (TPSA) is 66.6 Å². The number of para-hydroxylation sites is 1. The minimum absolute atomic E-state index is 0.263. The van der Waals surface area contributed by atoms with Crippen LogP contribution in [0.3, 0.4) is 0 Å². The number of rotatable bonds is 5. The molecule has 1 unspecified atom stereocenters. The summed E-state index contributed by atoms with van der Waals surface area (Å²) >= 11 is 0. The summed E-state index contributed by atoms with van der Waals surface area (Å²) in [7, 11) is 0. The van der Waals surface area contributed by atoms with E-state index in [1.165, 1.54) is 11.6 Å². The fourth-order valence-corrected chi connectivity index (χ4v) is 4.95. The maximum Gasteiger partial charge on any atom is 0.222 e. The van der Waals surface area contributed by atoms with E-state index in [0.29, 0.717) is 29.4 Å². The Morgan fingerprint density at radius 2 is 1.85 bits per heavy atom. The Hall–Kier alpha value is -3.81. The number of benzene rings is 2. The quantitative estimate of drug-likeness (QED) is 0.464. The smallest absolute Gasteiger partial charge is 0.222 e. The molecule has 1 saturated heterocycles. The van der Waals surface area contributed by atoms with Gasteiger partial charge in [-0.1, -0.05) is 30.3 Å². The minimum atomic E-state index is -0.359. The molecule has 1 atom stereocenters. The van der Waals surface area contributed by atoms with E-state index in [-0.39, 0.29) is 11.7 Å². The van der Waals surface area contributed by atoms with Crippen LogP contribution < -0.4 is 4.90 Å². The molecule has 0 saturated carbocycles. The summed E-state index contributed by atoms with van der Waals surface area (Å²) < 4.78 is 16.0. The summed E-state index contributed by atoms with van der Waals surface area (Å²) in [6.07, 6.45) is 2.54. The van der Waals surface area contributed by atoms with Crippen molar-refractivity contribution in [1.82, 2.24) is 24.7 Å². The number of carbonyl (C=O) groups excluding carboxylic acids is 1. The Bertz CT molecular complexity index is 1350. The standard InChI is InChI=1S/C25H23FN6O/c26-20-8-3-1-7-19(20)25-28-27-22-11-12-23(29-32(22)25)31-16-17(18-6-2-4-9-21(18)31)13-15-30-14-5-10-24(30)33/h1-4,6-9,11-12,17H,5,10,13-16H2. The molecule has 33 heavy (non-hydrogen) atoms. The molecule has 2 aliphatic rings. The zero-order valence-electron chi connectivity index (χ0n) is 18.1. The Morgan fingerprint density at radius 1 is 1.00 bits per heavy atom. The van der Waals surface area contributed by atoms with Crippen molar-refractivity contribution in [2.45, 2.75) is 25.2 Å². The second-order valence-corrected chi connectivity index (χ2v) is 8.60. The fraction of sp³-hybridized carbons (Fsp3) is 0.280. The number of aromatic nitrogens is 4. The lowest BCUT2D eigenvalue weighted by atomic mass is 9.98. The van der Waals surface area contributed by atoms with Gasteiger partial charge in [0.25, 0.3) is 0 Å². The molecule has 2 aliphatic heterocycles. The first kappa shape index (κ1) is 19.8. The Kier molecular flexibility index (Phi) is 4.78. The molecule has 8 heteroatoms. The molecule has 4 aromatic rings. The number of hydrogen-bond donors (Lipinski definition) is 0. The molecule has 2 aromatic heterocycles. The highest BCUT2D eigenvalue weighted by Crippen LogP contribution is 2.41. The second-order valence-electron chi connectivity index (χ2n) is 8.60. The summed E-state index contributed by atoms with van der Waals surface area (Å²) in [4.78, 5) is 16.2. The van der Waals surface area contributed by atoms with Crippen LogP contribution in [0.4, 0.5) is 15.9 Å². The molecule has 1 amide bonds. The molecule has 4 heterocycles. The van der Waals surface area contributed by atoms with Gasteiger partial charge in [-0.3, -0.25) is 4.79 Å². The van der Waals surface area contributed by atoms with E-state index in [0.717, 1.165) is 44.0 Å². The summed E-state index contributed by atoms with van der Waals surface area (Å²) in [5.41, 5.74) is 3.31. The molecule has 2 aromatic carbocycles. The Labute approximate surface area is 190 Å². The molecule has 1 fully saturated rings. The van der Waals surface area contributed by atoms with E-state index in [9.17, 15) is 9.18 Å². The third kappa shape index (κ3) is 3.42. The fourth-order valence-electron chi connectivity index (χ4n) is 4.95. The van der Waals surface area contributed by atoms with Gasteiger partial charge in [-0.2, -0.15) is 4.52 Å². The van der Waals surface area contributed by atoms with Crippen molar-refractivity contribution in [2.75, 3.05) is 24.5 Å². The van der Waals surface area contributed by atoms with Crippen LogP contribution in [0.25, 0.3) is 17.0 Å². The van der Waals surface area contributed by atoms with Gasteiger partial charge in [-0.05, 0) is 48.7 Å². The van der Waals surface area contributed by atoms with Gasteiger partial charge in [-0.25, -0.2) is 4.39 Å². The lowest BCUT2D eigenvalue weighted by molar-refractivity contribution is -0.127. The van der Waals surface area contributed by atoms with Crippen LogP contribution in [0.5, 0.6) is 0 Å². The van der Waals surface area contributed by atoms with E-state index >= 15 is 0 Å². The number of carbonyl (C=O) groups is 1. The van der Waals surface area contributed by atoms with Crippen molar-refractivity contribution >= 4 is 23.1 Å². The van der Waals surface area contributed by atoms with Crippen molar-refractivity contribution in [3.05, 3.63) is 72.0 Å². The average Bonchev–Trinajstić information content (AvgIpc) is 3.54. The van der Waals surface area contributed by atoms with E-state index in [2.05, 4.69) is 33.3 Å². The molecule has 0 bridgehead atoms. The SMILES string of the molecule is O=C1CCCN1CCC1CN(c2ccc3nnc(-c4ccccc4F)n3n2)c2ccccc21. The van der Waals surface area contributed by atoms with Gasteiger partial charge in [-0.15, -0.1) is 15.3 Å². The second kappa shape index (κ2) is 7.95. The number of likely N-dealkylation sites (tertiary alicyclic amines) is 1. The summed E-state index contributed by atoms with van der Waals surface area (Å²) in [5, 5.41) is 13.2. The van der Waals surface area contributed by atoms with Gasteiger partial charge in [0.15, 0.2) is 17.3 Å². The first-order valence-electron chi connectivity index (χ1n) is 11.3. The maximum absolute atomic E-state index is 14.4. The van der Waals surface area contributed by atoms with Gasteiger partial charge in [0.2, 0.25) is 5.91 Å². The number of halogens is 1. The van der Waals surface area contributed by atoms with E-state index in [1.54, 1.807) is 22.7 Å². The molecule has 6 rings (SSSR count). The van der Waals surface area contributed by atoms with Gasteiger partial charge < -0.3 is 9.80 Å². The third-order valence-electron chi connectivity index (χ3n) is 6.63. The summed E-state index contributed by atoms with van der Waals surface area (Å²) in [6.45, 7) is 2.42. The predicted octanol–water partition coefficient (Wildman–Crippen LogP) is 4.18. The normalized spacial score (nSPS) is 17.8. The molecular formula is C25H23FN6O. The summed E-state index contributed by atoms with van der Waals surface area (Å²) in [5.74, 6) is 1.34. The van der Waals surface area contributed by atoms with Gasteiger partial charge >= 0.3 is 0 Å². The number of anilines is 2. The largest absolute Gasteiger partial charge is 0.343 e. The highest BCUT2D eigenvalue weighted by Gasteiger charge is 2.31. The zero-order valence-corrected chi connectivity index (χ0v) is 18.1. The predicted molar refractivity (Wildman–Crippen MR) is 123 cm³/mol. The maximum atomic E-state index is 14.4. The number of hydrogen-bond acceptors (Lipinski definition) is 5. The molecule has 7 nitrogen and oxygen atoms in total. The number of fused-ring (bicyclic) bond motifs is 2. The third-order valence-corrected chi connectivity index (χ3v) is 6.63. The van der Waals surface area contributed by atoms with Crippen LogP contribution in [-0.4, -0.2) is 50.3 Å². The first-order valence-corrected chi connectivity index (χ1v) is 11.3. The molecule has 0 spiro atoms. The van der Waals surface area contributed by atoms with Crippen LogP contribution in [0.2, 0.25) is 0 Å².